The number of benzene rings is 3. The van der Waals surface area contributed by atoms with Gasteiger partial charge in [-0.05, 0) is 72.5 Å². The molecule has 0 fully saturated rings. The number of carbonyl (C=O) groups excluding carboxylic acids is 1. The largest absolute Gasteiger partial charge is 0.489 e. The predicted molar refractivity (Wildman–Crippen MR) is 119 cm³/mol. The molecule has 0 heterocycles. The molecule has 0 spiro atoms. The van der Waals surface area contributed by atoms with Crippen LogP contribution >= 0.6 is 11.6 Å². The van der Waals surface area contributed by atoms with Crippen molar-refractivity contribution >= 4 is 23.7 Å². The molecule has 1 N–H and O–H groups in total. The molecule has 154 valence electrons. The zero-order chi connectivity index (χ0) is 21.3. The van der Waals surface area contributed by atoms with Crippen LogP contribution in [-0.2, 0) is 11.4 Å². The average molecular weight is 423 g/mol. The molecule has 3 aromatic rings. The zero-order valence-corrected chi connectivity index (χ0v) is 17.6. The topological polar surface area (TPSA) is 59.9 Å². The number of hydrogen-bond donors (Lipinski definition) is 1. The van der Waals surface area contributed by atoms with E-state index in [2.05, 4.69) is 10.5 Å². The molecule has 30 heavy (non-hydrogen) atoms. The Hall–Kier alpha value is -3.31. The Labute approximate surface area is 181 Å². The molecule has 5 nitrogen and oxygen atoms in total. The van der Waals surface area contributed by atoms with Gasteiger partial charge in [0.1, 0.15) is 18.1 Å². The molecule has 0 unspecified atom stereocenters. The number of halogens is 1. The van der Waals surface area contributed by atoms with E-state index in [4.69, 9.17) is 21.1 Å². The molecule has 0 bridgehead atoms. The average Bonchev–Trinajstić information content (AvgIpc) is 2.74. The minimum atomic E-state index is -0.334. The number of carbonyl (C=O) groups is 1. The summed E-state index contributed by atoms with van der Waals surface area (Å²) in [6, 6.07) is 20.6. The molecule has 0 atom stereocenters. The van der Waals surface area contributed by atoms with Gasteiger partial charge in [-0.25, -0.2) is 5.43 Å². The van der Waals surface area contributed by atoms with Crippen molar-refractivity contribution in [3.8, 4) is 11.5 Å². The van der Waals surface area contributed by atoms with Crippen LogP contribution in [0, 0.1) is 13.8 Å². The van der Waals surface area contributed by atoms with Gasteiger partial charge in [0.15, 0.2) is 6.61 Å². The Kier molecular flexibility index (Phi) is 7.46. The van der Waals surface area contributed by atoms with E-state index in [9.17, 15) is 4.79 Å². The first-order valence-electron chi connectivity index (χ1n) is 9.49. The third kappa shape index (κ3) is 6.64. The van der Waals surface area contributed by atoms with E-state index in [1.807, 2.05) is 80.6 Å². The Morgan fingerprint density at radius 3 is 2.50 bits per heavy atom. The first kappa shape index (κ1) is 21.4. The summed E-state index contributed by atoms with van der Waals surface area (Å²) in [5, 5.41) is 4.67. The second-order valence-electron chi connectivity index (χ2n) is 6.82. The Balaban J connectivity index is 1.47. The molecule has 0 radical (unpaired) electrons. The number of amides is 1. The molecule has 0 aromatic heterocycles. The fourth-order valence-electron chi connectivity index (χ4n) is 2.60. The lowest BCUT2D eigenvalue weighted by molar-refractivity contribution is -0.123. The zero-order valence-electron chi connectivity index (χ0n) is 16.9. The van der Waals surface area contributed by atoms with Crippen LogP contribution in [0.15, 0.2) is 71.8 Å². The second kappa shape index (κ2) is 10.5. The van der Waals surface area contributed by atoms with Gasteiger partial charge in [-0.1, -0.05) is 41.9 Å². The summed E-state index contributed by atoms with van der Waals surface area (Å²) < 4.78 is 11.3. The summed E-state index contributed by atoms with van der Waals surface area (Å²) in [5.41, 5.74) is 6.58. The molecule has 0 aliphatic heterocycles. The first-order valence-corrected chi connectivity index (χ1v) is 9.87. The summed E-state index contributed by atoms with van der Waals surface area (Å²) in [5.74, 6) is 1.03. The number of ether oxygens (including phenoxy) is 2. The quantitative estimate of drug-likeness (QED) is 0.407. The maximum Gasteiger partial charge on any atom is 0.277 e. The number of hydrazone groups is 1. The minimum absolute atomic E-state index is 0.107. The Morgan fingerprint density at radius 2 is 1.73 bits per heavy atom. The molecule has 3 aromatic carbocycles. The van der Waals surface area contributed by atoms with E-state index >= 15 is 0 Å². The Bertz CT molecular complexity index is 1030. The monoisotopic (exact) mass is 422 g/mol. The van der Waals surface area contributed by atoms with Gasteiger partial charge in [-0.15, -0.1) is 0 Å². The van der Waals surface area contributed by atoms with E-state index < -0.39 is 0 Å². The molecule has 0 saturated carbocycles. The normalized spacial score (nSPS) is 10.8. The fourth-order valence-corrected chi connectivity index (χ4v) is 2.72. The van der Waals surface area contributed by atoms with Gasteiger partial charge < -0.3 is 9.47 Å². The van der Waals surface area contributed by atoms with E-state index in [0.717, 1.165) is 16.7 Å². The van der Waals surface area contributed by atoms with Crippen molar-refractivity contribution in [3.63, 3.8) is 0 Å². The molecule has 6 heteroatoms. The smallest absolute Gasteiger partial charge is 0.277 e. The summed E-state index contributed by atoms with van der Waals surface area (Å²) >= 11 is 5.89. The van der Waals surface area contributed by atoms with Gasteiger partial charge in [0.2, 0.25) is 0 Å². The van der Waals surface area contributed by atoms with Crippen molar-refractivity contribution in [2.24, 2.45) is 5.10 Å². The van der Waals surface area contributed by atoms with Crippen LogP contribution in [0.5, 0.6) is 11.5 Å². The molecular formula is C24H23ClN2O3. The lowest BCUT2D eigenvalue weighted by atomic mass is 10.1. The number of rotatable bonds is 8. The molecule has 3 rings (SSSR count). The summed E-state index contributed by atoms with van der Waals surface area (Å²) in [7, 11) is 0. The maximum absolute atomic E-state index is 11.9. The molecule has 0 aliphatic carbocycles. The van der Waals surface area contributed by atoms with Crippen molar-refractivity contribution in [3.05, 3.63) is 94.0 Å². The SMILES string of the molecule is Cc1ccc(OCC(=O)NN=Cc2cccc(OCc3ccc(Cl)cc3)c2)cc1C. The first-order chi connectivity index (χ1) is 14.5. The second-order valence-corrected chi connectivity index (χ2v) is 7.25. The van der Waals surface area contributed by atoms with Crippen LogP contribution < -0.4 is 14.9 Å². The van der Waals surface area contributed by atoms with Crippen LogP contribution in [0.2, 0.25) is 5.02 Å². The predicted octanol–water partition coefficient (Wildman–Crippen LogP) is 5.06. The number of nitrogens with zero attached hydrogens (tertiary/aromatic N) is 1. The standard InChI is InChI=1S/C24H23ClN2O3/c1-17-6-11-23(12-18(17)2)30-16-24(28)27-26-14-20-4-3-5-22(13-20)29-15-19-7-9-21(25)10-8-19/h3-14H,15-16H2,1-2H3,(H,27,28). The van der Waals surface area contributed by atoms with Gasteiger partial charge in [-0.2, -0.15) is 5.10 Å². The summed E-state index contributed by atoms with van der Waals surface area (Å²) in [4.78, 5) is 11.9. The Morgan fingerprint density at radius 1 is 0.967 bits per heavy atom. The highest BCUT2D eigenvalue weighted by Gasteiger charge is 2.03. The van der Waals surface area contributed by atoms with Crippen LogP contribution in [0.1, 0.15) is 22.3 Å². The van der Waals surface area contributed by atoms with Crippen LogP contribution in [0.3, 0.4) is 0 Å². The number of nitrogens with one attached hydrogen (secondary N) is 1. The van der Waals surface area contributed by atoms with Gasteiger partial charge in [-0.3, -0.25) is 4.79 Å². The highest BCUT2D eigenvalue weighted by atomic mass is 35.5. The number of aryl methyl sites for hydroxylation is 2. The summed E-state index contributed by atoms with van der Waals surface area (Å²) in [6.07, 6.45) is 1.56. The minimum Gasteiger partial charge on any atom is -0.489 e. The van der Waals surface area contributed by atoms with Crippen LogP contribution in [0.4, 0.5) is 0 Å². The van der Waals surface area contributed by atoms with Crippen molar-refractivity contribution in [2.45, 2.75) is 20.5 Å². The van der Waals surface area contributed by atoms with Crippen LogP contribution in [0.25, 0.3) is 0 Å². The van der Waals surface area contributed by atoms with E-state index in [0.29, 0.717) is 23.1 Å². The maximum atomic E-state index is 11.9. The van der Waals surface area contributed by atoms with Crippen molar-refractivity contribution in [2.75, 3.05) is 6.61 Å². The summed E-state index contributed by atoms with van der Waals surface area (Å²) in [6.45, 7) is 4.35. The van der Waals surface area contributed by atoms with Gasteiger partial charge in [0.25, 0.3) is 5.91 Å². The third-order valence-corrected chi connectivity index (χ3v) is 4.68. The molecule has 0 aliphatic rings. The highest BCUT2D eigenvalue weighted by Crippen LogP contribution is 2.17. The van der Waals surface area contributed by atoms with Gasteiger partial charge >= 0.3 is 0 Å². The van der Waals surface area contributed by atoms with Crippen molar-refractivity contribution < 1.29 is 14.3 Å². The third-order valence-electron chi connectivity index (χ3n) is 4.43. The van der Waals surface area contributed by atoms with Crippen LogP contribution in [-0.4, -0.2) is 18.7 Å². The van der Waals surface area contributed by atoms with Crippen molar-refractivity contribution in [1.29, 1.82) is 0 Å². The molecule has 1 amide bonds. The highest BCUT2D eigenvalue weighted by molar-refractivity contribution is 6.30. The van der Waals surface area contributed by atoms with E-state index in [1.165, 1.54) is 5.56 Å². The van der Waals surface area contributed by atoms with Crippen molar-refractivity contribution in [1.82, 2.24) is 5.43 Å². The van der Waals surface area contributed by atoms with E-state index in [1.54, 1.807) is 6.21 Å². The number of hydrogen-bond acceptors (Lipinski definition) is 4. The van der Waals surface area contributed by atoms with E-state index in [-0.39, 0.29) is 12.5 Å². The molecular weight excluding hydrogens is 400 g/mol. The lowest BCUT2D eigenvalue weighted by Crippen LogP contribution is -2.24. The lowest BCUT2D eigenvalue weighted by Gasteiger charge is -2.08. The van der Waals surface area contributed by atoms with Gasteiger partial charge in [0.05, 0.1) is 6.21 Å². The fraction of sp³-hybridized carbons (Fsp3) is 0.167. The van der Waals surface area contributed by atoms with Gasteiger partial charge in [0, 0.05) is 5.02 Å². The molecule has 0 saturated heterocycles.